The van der Waals surface area contributed by atoms with Gasteiger partial charge < -0.3 is 10.6 Å². The van der Waals surface area contributed by atoms with Crippen LogP contribution in [0.2, 0.25) is 0 Å². The maximum Gasteiger partial charge on any atom is 0.335 e. The third-order valence-electron chi connectivity index (χ3n) is 1.02. The van der Waals surface area contributed by atoms with E-state index in [2.05, 4.69) is 0 Å². The summed E-state index contributed by atoms with van der Waals surface area (Å²) in [7, 11) is 0. The first-order chi connectivity index (χ1) is 4.30. The van der Waals surface area contributed by atoms with Gasteiger partial charge in [0.25, 0.3) is 0 Å². The molecule has 0 radical (unpaired) electrons. The molecule has 0 fully saturated rings. The SMILES string of the molecule is O.O=C(O)c1ccccc1.[Pt]. The molecule has 0 spiro atoms. The molecule has 0 aliphatic heterocycles. The fraction of sp³-hybridized carbons (Fsp3) is 0. The van der Waals surface area contributed by atoms with Crippen LogP contribution < -0.4 is 0 Å². The Kier molecular flexibility index (Phi) is 7.16. The Bertz CT molecular complexity index is 210. The molecule has 0 aromatic heterocycles. The number of carbonyl (C=O) groups is 1. The molecular formula is C7H8O3Pt. The van der Waals surface area contributed by atoms with Gasteiger partial charge in [-0.2, -0.15) is 0 Å². The van der Waals surface area contributed by atoms with E-state index in [1.807, 2.05) is 0 Å². The van der Waals surface area contributed by atoms with Gasteiger partial charge in [-0.3, -0.25) is 0 Å². The zero-order chi connectivity index (χ0) is 6.69. The van der Waals surface area contributed by atoms with Gasteiger partial charge in [0, 0.05) is 21.1 Å². The van der Waals surface area contributed by atoms with E-state index in [4.69, 9.17) is 5.11 Å². The van der Waals surface area contributed by atoms with Gasteiger partial charge in [-0.05, 0) is 12.1 Å². The van der Waals surface area contributed by atoms with Crippen molar-refractivity contribution in [2.24, 2.45) is 0 Å². The maximum absolute atomic E-state index is 10.2. The summed E-state index contributed by atoms with van der Waals surface area (Å²) in [6.07, 6.45) is 0. The second-order valence-corrected chi connectivity index (χ2v) is 1.67. The van der Waals surface area contributed by atoms with Crippen LogP contribution in [0.4, 0.5) is 0 Å². The Labute approximate surface area is 78.6 Å². The molecule has 3 N–H and O–H groups in total. The van der Waals surface area contributed by atoms with Gasteiger partial charge in [-0.15, -0.1) is 0 Å². The molecule has 1 aromatic carbocycles. The van der Waals surface area contributed by atoms with E-state index in [-0.39, 0.29) is 26.5 Å². The fourth-order valence-electron chi connectivity index (χ4n) is 0.581. The van der Waals surface area contributed by atoms with Crippen LogP contribution in [-0.4, -0.2) is 16.6 Å². The Balaban J connectivity index is 0. The molecule has 0 unspecified atom stereocenters. The van der Waals surface area contributed by atoms with Gasteiger partial charge in [0.15, 0.2) is 0 Å². The first kappa shape index (κ1) is 13.0. The number of rotatable bonds is 1. The van der Waals surface area contributed by atoms with E-state index >= 15 is 0 Å². The van der Waals surface area contributed by atoms with Crippen molar-refractivity contribution >= 4 is 5.97 Å². The normalized spacial score (nSPS) is 7.27. The minimum Gasteiger partial charge on any atom is -0.478 e. The van der Waals surface area contributed by atoms with E-state index in [0.29, 0.717) is 5.56 Å². The van der Waals surface area contributed by atoms with Gasteiger partial charge in [0.1, 0.15) is 0 Å². The average Bonchev–Trinajstić information content (AvgIpc) is 1.90. The van der Waals surface area contributed by atoms with Crippen LogP contribution in [-0.2, 0) is 21.1 Å². The smallest absolute Gasteiger partial charge is 0.335 e. The van der Waals surface area contributed by atoms with Crippen molar-refractivity contribution in [2.75, 3.05) is 0 Å². The first-order valence-electron chi connectivity index (χ1n) is 2.59. The molecule has 11 heavy (non-hydrogen) atoms. The standard InChI is InChI=1S/C7H6O2.H2O.Pt/c8-7(9)6-4-2-1-3-5-6;;/h1-5H,(H,8,9);1H2;. The molecule has 0 saturated carbocycles. The van der Waals surface area contributed by atoms with Crippen LogP contribution in [0.1, 0.15) is 10.4 Å². The van der Waals surface area contributed by atoms with Gasteiger partial charge in [-0.1, -0.05) is 18.2 Å². The molecule has 0 bridgehead atoms. The largest absolute Gasteiger partial charge is 0.478 e. The van der Waals surface area contributed by atoms with E-state index < -0.39 is 5.97 Å². The quantitative estimate of drug-likeness (QED) is 0.815. The van der Waals surface area contributed by atoms with Gasteiger partial charge in [0.2, 0.25) is 0 Å². The Morgan fingerprint density at radius 3 is 1.91 bits per heavy atom. The summed E-state index contributed by atoms with van der Waals surface area (Å²) in [6.45, 7) is 0. The summed E-state index contributed by atoms with van der Waals surface area (Å²) in [5, 5.41) is 8.38. The van der Waals surface area contributed by atoms with Crippen molar-refractivity contribution in [1.29, 1.82) is 0 Å². The van der Waals surface area contributed by atoms with Crippen molar-refractivity contribution in [3.63, 3.8) is 0 Å². The molecule has 4 heteroatoms. The van der Waals surface area contributed by atoms with Crippen molar-refractivity contribution < 1.29 is 36.4 Å². The fourth-order valence-corrected chi connectivity index (χ4v) is 0.581. The average molecular weight is 335 g/mol. The van der Waals surface area contributed by atoms with Crippen LogP contribution in [0, 0.1) is 0 Å². The number of hydrogen-bond acceptors (Lipinski definition) is 1. The van der Waals surface area contributed by atoms with E-state index in [1.165, 1.54) is 0 Å². The van der Waals surface area contributed by atoms with E-state index in [1.54, 1.807) is 30.3 Å². The minimum absolute atomic E-state index is 0. The Hall–Kier alpha value is -0.662. The summed E-state index contributed by atoms with van der Waals surface area (Å²) in [5.41, 5.74) is 0.331. The molecule has 3 nitrogen and oxygen atoms in total. The Morgan fingerprint density at radius 1 is 1.18 bits per heavy atom. The second-order valence-electron chi connectivity index (χ2n) is 1.67. The van der Waals surface area contributed by atoms with Crippen LogP contribution in [0.25, 0.3) is 0 Å². The van der Waals surface area contributed by atoms with Crippen LogP contribution in [0.15, 0.2) is 30.3 Å². The monoisotopic (exact) mass is 335 g/mol. The molecule has 64 valence electrons. The molecule has 0 aliphatic rings. The molecule has 0 heterocycles. The third-order valence-corrected chi connectivity index (χ3v) is 1.02. The van der Waals surface area contributed by atoms with Gasteiger partial charge in [0.05, 0.1) is 5.56 Å². The number of carboxylic acid groups (broad SMARTS) is 1. The zero-order valence-corrected chi connectivity index (χ0v) is 7.83. The molecule has 0 aliphatic carbocycles. The van der Waals surface area contributed by atoms with E-state index in [0.717, 1.165) is 0 Å². The van der Waals surface area contributed by atoms with Crippen LogP contribution >= 0.6 is 0 Å². The maximum atomic E-state index is 10.2. The number of hydrogen-bond donors (Lipinski definition) is 1. The summed E-state index contributed by atoms with van der Waals surface area (Å²) >= 11 is 0. The summed E-state index contributed by atoms with van der Waals surface area (Å²) in [5.74, 6) is -0.879. The predicted molar refractivity (Wildman–Crippen MR) is 37.0 cm³/mol. The molecule has 1 rings (SSSR count). The predicted octanol–water partition coefficient (Wildman–Crippen LogP) is 0.558. The molecule has 1 aromatic rings. The Morgan fingerprint density at radius 2 is 1.64 bits per heavy atom. The van der Waals surface area contributed by atoms with Gasteiger partial charge in [-0.25, -0.2) is 4.79 Å². The summed E-state index contributed by atoms with van der Waals surface area (Å²) in [6, 6.07) is 8.30. The second kappa shape index (κ2) is 6.07. The zero-order valence-electron chi connectivity index (χ0n) is 5.56. The molecule has 0 amide bonds. The van der Waals surface area contributed by atoms with Crippen molar-refractivity contribution in [1.82, 2.24) is 0 Å². The summed E-state index contributed by atoms with van der Waals surface area (Å²) < 4.78 is 0. The van der Waals surface area contributed by atoms with Crippen molar-refractivity contribution in [3.05, 3.63) is 35.9 Å². The van der Waals surface area contributed by atoms with Crippen molar-refractivity contribution in [3.8, 4) is 0 Å². The number of benzene rings is 1. The number of aromatic carboxylic acids is 1. The topological polar surface area (TPSA) is 68.8 Å². The summed E-state index contributed by atoms with van der Waals surface area (Å²) in [4.78, 5) is 10.2. The minimum atomic E-state index is -0.879. The number of carboxylic acids is 1. The van der Waals surface area contributed by atoms with Crippen LogP contribution in [0.5, 0.6) is 0 Å². The van der Waals surface area contributed by atoms with E-state index in [9.17, 15) is 4.79 Å². The molecule has 0 saturated heterocycles. The van der Waals surface area contributed by atoms with Crippen molar-refractivity contribution in [2.45, 2.75) is 0 Å². The van der Waals surface area contributed by atoms with Crippen LogP contribution in [0.3, 0.4) is 0 Å². The van der Waals surface area contributed by atoms with Gasteiger partial charge >= 0.3 is 5.97 Å². The third kappa shape index (κ3) is 3.91. The molecular weight excluding hydrogens is 327 g/mol. The first-order valence-corrected chi connectivity index (χ1v) is 2.59. The molecule has 0 atom stereocenters.